The minimum Gasteiger partial charge on any atom is -0.492 e. The molecule has 0 spiro atoms. The molecule has 1 heterocycles. The highest BCUT2D eigenvalue weighted by molar-refractivity contribution is 9.10. The third kappa shape index (κ3) is 5.48. The van der Waals surface area contributed by atoms with Gasteiger partial charge in [0.05, 0.1) is 16.0 Å². The maximum absolute atomic E-state index is 12.9. The Morgan fingerprint density at radius 3 is 2.63 bits per heavy atom. The Hall–Kier alpha value is -2.65. The van der Waals surface area contributed by atoms with Crippen molar-refractivity contribution in [2.24, 2.45) is 0 Å². The largest absolute Gasteiger partial charge is 0.492 e. The van der Waals surface area contributed by atoms with E-state index < -0.39 is 29.4 Å². The SMILES string of the molecule is CCCOc1ccc(/C=C2\SC(=O)N(CC(=O)Nc3ccc(F)cc3)C2=O)cc1Br. The van der Waals surface area contributed by atoms with Crippen LogP contribution < -0.4 is 10.1 Å². The van der Waals surface area contributed by atoms with Gasteiger partial charge in [0.15, 0.2) is 0 Å². The number of anilines is 1. The van der Waals surface area contributed by atoms with Gasteiger partial charge in [-0.25, -0.2) is 4.39 Å². The number of imide groups is 1. The van der Waals surface area contributed by atoms with E-state index in [-0.39, 0.29) is 4.91 Å². The second kappa shape index (κ2) is 9.90. The predicted molar refractivity (Wildman–Crippen MR) is 118 cm³/mol. The van der Waals surface area contributed by atoms with Gasteiger partial charge in [0.25, 0.3) is 11.1 Å². The average molecular weight is 493 g/mol. The molecule has 1 fully saturated rings. The van der Waals surface area contributed by atoms with Crippen LogP contribution in [0.4, 0.5) is 14.9 Å². The normalized spacial score (nSPS) is 15.0. The molecule has 0 unspecified atom stereocenters. The first-order valence-electron chi connectivity index (χ1n) is 9.10. The van der Waals surface area contributed by atoms with Gasteiger partial charge in [-0.2, -0.15) is 0 Å². The molecule has 1 aliphatic heterocycles. The summed E-state index contributed by atoms with van der Waals surface area (Å²) in [7, 11) is 0. The van der Waals surface area contributed by atoms with Gasteiger partial charge in [-0.15, -0.1) is 0 Å². The molecule has 0 aromatic heterocycles. The van der Waals surface area contributed by atoms with Crippen LogP contribution in [0.1, 0.15) is 18.9 Å². The van der Waals surface area contributed by atoms with Gasteiger partial charge in [-0.1, -0.05) is 13.0 Å². The lowest BCUT2D eigenvalue weighted by Crippen LogP contribution is -2.36. The summed E-state index contributed by atoms with van der Waals surface area (Å²) in [6.07, 6.45) is 2.48. The molecule has 1 saturated heterocycles. The fraction of sp³-hybridized carbons (Fsp3) is 0.190. The topological polar surface area (TPSA) is 75.7 Å². The number of carbonyl (C=O) groups is 3. The van der Waals surface area contributed by atoms with Crippen molar-refractivity contribution in [3.63, 3.8) is 0 Å². The summed E-state index contributed by atoms with van der Waals surface area (Å²) < 4.78 is 19.3. The number of hydrogen-bond acceptors (Lipinski definition) is 5. The zero-order chi connectivity index (χ0) is 21.7. The van der Waals surface area contributed by atoms with Gasteiger partial charge in [0, 0.05) is 5.69 Å². The van der Waals surface area contributed by atoms with Gasteiger partial charge in [-0.05, 0) is 82.2 Å². The number of carbonyl (C=O) groups excluding carboxylic acids is 3. The summed E-state index contributed by atoms with van der Waals surface area (Å²) in [5.41, 5.74) is 1.09. The molecule has 1 aliphatic rings. The molecule has 0 bridgehead atoms. The van der Waals surface area contributed by atoms with Gasteiger partial charge in [0.1, 0.15) is 18.1 Å². The van der Waals surface area contributed by atoms with Crippen LogP contribution in [0.15, 0.2) is 51.8 Å². The Morgan fingerprint density at radius 1 is 1.23 bits per heavy atom. The Labute approximate surface area is 185 Å². The summed E-state index contributed by atoms with van der Waals surface area (Å²) in [6.45, 7) is 2.18. The Kier molecular flexibility index (Phi) is 7.28. The van der Waals surface area contributed by atoms with Crippen LogP contribution in [0, 0.1) is 5.82 Å². The van der Waals surface area contributed by atoms with E-state index in [2.05, 4.69) is 21.2 Å². The first kappa shape index (κ1) is 22.0. The molecule has 2 aromatic carbocycles. The molecule has 6 nitrogen and oxygen atoms in total. The van der Waals surface area contributed by atoms with E-state index in [0.29, 0.717) is 23.6 Å². The summed E-state index contributed by atoms with van der Waals surface area (Å²) >= 11 is 4.21. The maximum Gasteiger partial charge on any atom is 0.294 e. The van der Waals surface area contributed by atoms with Crippen molar-refractivity contribution in [1.29, 1.82) is 0 Å². The van der Waals surface area contributed by atoms with Crippen LogP contribution in [0.2, 0.25) is 0 Å². The smallest absolute Gasteiger partial charge is 0.294 e. The van der Waals surface area contributed by atoms with Crippen molar-refractivity contribution in [2.75, 3.05) is 18.5 Å². The van der Waals surface area contributed by atoms with E-state index in [0.717, 1.165) is 27.6 Å². The van der Waals surface area contributed by atoms with Crippen molar-refractivity contribution in [3.05, 3.63) is 63.2 Å². The number of halogens is 2. The fourth-order valence-corrected chi connectivity index (χ4v) is 3.95. The lowest BCUT2D eigenvalue weighted by molar-refractivity contribution is -0.127. The van der Waals surface area contributed by atoms with Gasteiger partial charge < -0.3 is 10.1 Å². The second-order valence-electron chi connectivity index (χ2n) is 6.36. The highest BCUT2D eigenvalue weighted by Gasteiger charge is 2.36. The van der Waals surface area contributed by atoms with Crippen molar-refractivity contribution in [1.82, 2.24) is 4.90 Å². The number of ether oxygens (including phenoxy) is 1. The highest BCUT2D eigenvalue weighted by Crippen LogP contribution is 2.33. The van der Waals surface area contributed by atoms with Gasteiger partial charge in [-0.3, -0.25) is 19.3 Å². The summed E-state index contributed by atoms with van der Waals surface area (Å²) in [5, 5.41) is 2.01. The van der Waals surface area contributed by atoms with E-state index in [1.165, 1.54) is 24.3 Å². The summed E-state index contributed by atoms with van der Waals surface area (Å²) in [6, 6.07) is 10.6. The lowest BCUT2D eigenvalue weighted by atomic mass is 10.2. The van der Waals surface area contributed by atoms with Crippen LogP contribution >= 0.6 is 27.7 Å². The molecule has 0 aliphatic carbocycles. The molecule has 1 N–H and O–H groups in total. The number of hydrogen-bond donors (Lipinski definition) is 1. The number of amides is 3. The number of nitrogens with one attached hydrogen (secondary N) is 1. The van der Waals surface area contributed by atoms with Crippen LogP contribution in [-0.2, 0) is 9.59 Å². The van der Waals surface area contributed by atoms with E-state index in [9.17, 15) is 18.8 Å². The standard InChI is InChI=1S/C21H18BrFN2O4S/c1-2-9-29-17-8-3-13(10-16(17)22)11-18-20(27)25(21(28)30-18)12-19(26)24-15-6-4-14(23)5-7-15/h3-8,10-11H,2,9,12H2,1H3,(H,24,26)/b18-11-. The van der Waals surface area contributed by atoms with Crippen LogP contribution in [-0.4, -0.2) is 35.1 Å². The molecule has 0 saturated carbocycles. The van der Waals surface area contributed by atoms with Crippen molar-refractivity contribution in [3.8, 4) is 5.75 Å². The Bertz CT molecular complexity index is 1010. The average Bonchev–Trinajstić information content (AvgIpc) is 2.96. The Morgan fingerprint density at radius 2 is 1.97 bits per heavy atom. The fourth-order valence-electron chi connectivity index (χ4n) is 2.60. The molecular formula is C21H18BrFN2O4S. The molecule has 3 amide bonds. The molecule has 3 rings (SSSR count). The van der Waals surface area contributed by atoms with Crippen LogP contribution in [0.25, 0.3) is 6.08 Å². The highest BCUT2D eigenvalue weighted by atomic mass is 79.9. The molecule has 9 heteroatoms. The minimum atomic E-state index is -0.551. The monoisotopic (exact) mass is 492 g/mol. The Balaban J connectivity index is 1.67. The predicted octanol–water partition coefficient (Wildman–Crippen LogP) is 5.05. The van der Waals surface area contributed by atoms with E-state index in [1.54, 1.807) is 24.3 Å². The first-order chi connectivity index (χ1) is 14.4. The first-order valence-corrected chi connectivity index (χ1v) is 10.7. The van der Waals surface area contributed by atoms with Gasteiger partial charge in [0.2, 0.25) is 5.91 Å². The third-order valence-electron chi connectivity index (χ3n) is 4.02. The maximum atomic E-state index is 12.9. The number of thioether (sulfide) groups is 1. The van der Waals surface area contributed by atoms with Crippen molar-refractivity contribution in [2.45, 2.75) is 13.3 Å². The van der Waals surface area contributed by atoms with Crippen molar-refractivity contribution < 1.29 is 23.5 Å². The quantitative estimate of drug-likeness (QED) is 0.547. The van der Waals surface area contributed by atoms with Crippen molar-refractivity contribution >= 4 is 56.5 Å². The van der Waals surface area contributed by atoms with E-state index in [1.807, 2.05) is 6.92 Å². The molecular weight excluding hydrogens is 475 g/mol. The zero-order valence-electron chi connectivity index (χ0n) is 16.0. The molecule has 156 valence electrons. The molecule has 30 heavy (non-hydrogen) atoms. The van der Waals surface area contributed by atoms with E-state index >= 15 is 0 Å². The summed E-state index contributed by atoms with van der Waals surface area (Å²) in [4.78, 5) is 38.1. The molecule has 2 aromatic rings. The van der Waals surface area contributed by atoms with Crippen LogP contribution in [0.3, 0.4) is 0 Å². The zero-order valence-corrected chi connectivity index (χ0v) is 18.4. The van der Waals surface area contributed by atoms with Gasteiger partial charge >= 0.3 is 0 Å². The minimum absolute atomic E-state index is 0.226. The summed E-state index contributed by atoms with van der Waals surface area (Å²) in [5.74, 6) is -0.827. The number of benzene rings is 2. The van der Waals surface area contributed by atoms with Crippen LogP contribution in [0.5, 0.6) is 5.75 Å². The second-order valence-corrected chi connectivity index (χ2v) is 8.21. The molecule has 0 atom stereocenters. The molecule has 0 radical (unpaired) electrons. The van der Waals surface area contributed by atoms with E-state index in [4.69, 9.17) is 4.74 Å². The lowest BCUT2D eigenvalue weighted by Gasteiger charge is -2.12. The number of nitrogens with zero attached hydrogens (tertiary/aromatic N) is 1. The number of rotatable bonds is 7. The third-order valence-corrected chi connectivity index (χ3v) is 5.55.